The van der Waals surface area contributed by atoms with Crippen LogP contribution in [-0.2, 0) is 23.1 Å². The van der Waals surface area contributed by atoms with E-state index in [1.807, 2.05) is 0 Å². The van der Waals surface area contributed by atoms with Gasteiger partial charge in [0.2, 0.25) is 0 Å². The van der Waals surface area contributed by atoms with Crippen LogP contribution in [0.5, 0.6) is 11.5 Å². The second-order valence-electron chi connectivity index (χ2n) is 10.1. The highest BCUT2D eigenvalue weighted by Crippen LogP contribution is 2.59. The summed E-state index contributed by atoms with van der Waals surface area (Å²) in [5.41, 5.74) is 0.430. The molecule has 1 fully saturated rings. The number of aromatic nitrogens is 3. The van der Waals surface area contributed by atoms with Gasteiger partial charge in [0.15, 0.2) is 29.1 Å². The van der Waals surface area contributed by atoms with Gasteiger partial charge in [-0.05, 0) is 30.5 Å². The lowest BCUT2D eigenvalue weighted by Crippen LogP contribution is -2.32. The van der Waals surface area contributed by atoms with E-state index in [1.165, 1.54) is 36.5 Å². The Morgan fingerprint density at radius 1 is 1.12 bits per heavy atom. The molecule has 1 N–H and O–H groups in total. The van der Waals surface area contributed by atoms with E-state index in [1.54, 1.807) is 18.2 Å². The average Bonchev–Trinajstić information content (AvgIpc) is 3.65. The van der Waals surface area contributed by atoms with Gasteiger partial charge in [-0.2, -0.15) is 13.2 Å². The molecule has 2 aromatic heterocycles. The number of fused-ring (bicyclic) bond motifs is 2. The van der Waals surface area contributed by atoms with Crippen molar-refractivity contribution >= 4 is 16.8 Å². The number of halogens is 4. The van der Waals surface area contributed by atoms with Crippen molar-refractivity contribution in [2.45, 2.75) is 43.4 Å². The molecule has 1 saturated carbocycles. The highest BCUT2D eigenvalue weighted by molar-refractivity contribution is 5.91. The second kappa shape index (κ2) is 10.3. The van der Waals surface area contributed by atoms with Crippen molar-refractivity contribution in [3.8, 4) is 22.8 Å². The molecule has 0 radical (unpaired) electrons. The minimum absolute atomic E-state index is 0.0325. The molecule has 0 bridgehead atoms. The Balaban J connectivity index is 1.11. The molecule has 6 rings (SSSR count). The zero-order chi connectivity index (χ0) is 28.8. The number of hydrogen-bond donors (Lipinski definition) is 1. The number of hydrogen-bond acceptors (Lipinski definition) is 8. The first-order valence-electron chi connectivity index (χ1n) is 12.9. The maximum absolute atomic E-state index is 14.9. The van der Waals surface area contributed by atoms with Gasteiger partial charge in [0.1, 0.15) is 17.8 Å². The summed E-state index contributed by atoms with van der Waals surface area (Å²) < 4.78 is 70.9. The molecule has 0 unspecified atom stereocenters. The van der Waals surface area contributed by atoms with Crippen molar-refractivity contribution < 1.29 is 41.5 Å². The molecular weight excluding hydrogens is 546 g/mol. The van der Waals surface area contributed by atoms with Crippen molar-refractivity contribution in [1.82, 2.24) is 15.1 Å². The Bertz CT molecular complexity index is 1660. The van der Waals surface area contributed by atoms with Gasteiger partial charge in [0.25, 0.3) is 0 Å². The van der Waals surface area contributed by atoms with E-state index in [4.69, 9.17) is 14.0 Å². The van der Waals surface area contributed by atoms with E-state index in [9.17, 15) is 27.5 Å². The van der Waals surface area contributed by atoms with Crippen LogP contribution in [0.1, 0.15) is 29.9 Å². The third kappa shape index (κ3) is 5.26. The number of benzene rings is 2. The summed E-state index contributed by atoms with van der Waals surface area (Å²) in [6, 6.07) is 9.01. The molecule has 3 heterocycles. The van der Waals surface area contributed by atoms with Crippen molar-refractivity contribution in [2.24, 2.45) is 0 Å². The monoisotopic (exact) mass is 569 g/mol. The number of allylic oxidation sites excluding steroid dienone is 2. The van der Waals surface area contributed by atoms with Crippen LogP contribution in [0, 0.1) is 5.82 Å². The number of ether oxygens (including phenoxy) is 2. The molecule has 2 aliphatic rings. The minimum Gasteiger partial charge on any atom is -0.486 e. The average molecular weight is 570 g/mol. The number of rotatable bonds is 8. The zero-order valence-corrected chi connectivity index (χ0v) is 21.4. The first-order valence-corrected chi connectivity index (χ1v) is 12.9. The summed E-state index contributed by atoms with van der Waals surface area (Å²) in [5, 5.41) is 13.0. The molecule has 0 saturated heterocycles. The van der Waals surface area contributed by atoms with Gasteiger partial charge < -0.3 is 19.1 Å². The molecule has 0 spiro atoms. The lowest BCUT2D eigenvalue weighted by atomic mass is 10.0. The van der Waals surface area contributed by atoms with Crippen molar-refractivity contribution in [3.63, 3.8) is 0 Å². The van der Waals surface area contributed by atoms with Crippen LogP contribution in [0.3, 0.4) is 0 Å². The number of aliphatic hydroxyl groups excluding tert-OH is 1. The van der Waals surface area contributed by atoms with Crippen LogP contribution in [0.15, 0.2) is 59.3 Å². The third-order valence-corrected chi connectivity index (χ3v) is 7.20. The maximum Gasteiger partial charge on any atom is 0.401 e. The van der Waals surface area contributed by atoms with Gasteiger partial charge >= 0.3 is 6.18 Å². The maximum atomic E-state index is 14.9. The largest absolute Gasteiger partial charge is 0.486 e. The molecule has 4 aromatic rings. The molecule has 0 amide bonds. The van der Waals surface area contributed by atoms with Gasteiger partial charge in [-0.25, -0.2) is 9.37 Å². The van der Waals surface area contributed by atoms with E-state index in [2.05, 4.69) is 15.1 Å². The van der Waals surface area contributed by atoms with Gasteiger partial charge in [-0.1, -0.05) is 23.4 Å². The second-order valence-corrected chi connectivity index (χ2v) is 10.1. The van der Waals surface area contributed by atoms with Gasteiger partial charge in [-0.15, -0.1) is 0 Å². The molecule has 212 valence electrons. The summed E-state index contributed by atoms with van der Waals surface area (Å²) in [6.45, 7) is 0.0281. The van der Waals surface area contributed by atoms with Crippen LogP contribution in [-0.4, -0.2) is 51.5 Å². The molecule has 8 nitrogen and oxygen atoms in total. The fraction of sp³-hybridized carbons (Fsp3) is 0.310. The number of carbonyl (C=O) groups excluding carboxylic acids is 1. The smallest absolute Gasteiger partial charge is 0.401 e. The first kappa shape index (κ1) is 26.9. The quantitative estimate of drug-likeness (QED) is 0.232. The normalized spacial score (nSPS) is 17.7. The summed E-state index contributed by atoms with van der Waals surface area (Å²) in [4.78, 5) is 21.4. The predicted octanol–water partition coefficient (Wildman–Crippen LogP) is 5.06. The molecule has 41 heavy (non-hydrogen) atoms. The molecule has 1 atom stereocenters. The molecular formula is C29H23F4N3O5. The van der Waals surface area contributed by atoms with Gasteiger partial charge in [-0.3, -0.25) is 9.78 Å². The summed E-state index contributed by atoms with van der Waals surface area (Å²) in [7, 11) is 0. The lowest BCUT2D eigenvalue weighted by molar-refractivity contribution is -0.165. The van der Waals surface area contributed by atoms with E-state index in [0.29, 0.717) is 33.8 Å². The van der Waals surface area contributed by atoms with Crippen LogP contribution in [0.2, 0.25) is 0 Å². The lowest BCUT2D eigenvalue weighted by Gasteiger charge is -2.25. The number of carbonyl (C=O) groups is 1. The molecule has 1 aliphatic heterocycles. The van der Waals surface area contributed by atoms with Crippen LogP contribution in [0.25, 0.3) is 22.3 Å². The SMILES string of the molecule is O=C(/C=C/Cc1cc(C2(C(F)(F)F)CC2)on1)Cc1ccc(-c2cnc3cc4c(cc3n2)O[C@H](CO)CO4)cc1F. The number of nitrogens with zero attached hydrogens (tertiary/aromatic N) is 3. The zero-order valence-electron chi connectivity index (χ0n) is 21.4. The van der Waals surface area contributed by atoms with E-state index in [0.717, 1.165) is 0 Å². The van der Waals surface area contributed by atoms with E-state index >= 15 is 0 Å². The highest BCUT2D eigenvalue weighted by Gasteiger charge is 2.66. The van der Waals surface area contributed by atoms with Gasteiger partial charge in [0.05, 0.1) is 35.2 Å². The topological polar surface area (TPSA) is 108 Å². The Labute approximate surface area is 230 Å². The number of alkyl halides is 3. The van der Waals surface area contributed by atoms with Gasteiger partial charge in [0, 0.05) is 36.6 Å². The Hall–Kier alpha value is -4.32. The molecule has 1 aliphatic carbocycles. The van der Waals surface area contributed by atoms with Crippen LogP contribution < -0.4 is 9.47 Å². The molecule has 12 heteroatoms. The van der Waals surface area contributed by atoms with E-state index < -0.39 is 23.5 Å². The highest BCUT2D eigenvalue weighted by atomic mass is 19.4. The fourth-order valence-electron chi connectivity index (χ4n) is 4.69. The first-order chi connectivity index (χ1) is 19.6. The summed E-state index contributed by atoms with van der Waals surface area (Å²) >= 11 is 0. The fourth-order valence-corrected chi connectivity index (χ4v) is 4.69. The third-order valence-electron chi connectivity index (χ3n) is 7.20. The van der Waals surface area contributed by atoms with Crippen molar-refractivity contribution in [1.29, 1.82) is 0 Å². The Kier molecular flexibility index (Phi) is 6.72. The summed E-state index contributed by atoms with van der Waals surface area (Å²) in [5.74, 6) is -0.262. The standard InChI is InChI=1S/C29H23F4N3O5/c30-21-9-17(24-13-34-22-11-25-26(12-23(22)35-24)40-20(14-37)15-39-25)5-4-16(21)8-19(38)3-1-2-18-10-27(41-36-18)28(6-7-28)29(31,32)33/h1,3-5,9-13,20,37H,2,6-8,14-15H2/b3-1+/t20-/m1/s1. The predicted molar refractivity (Wildman–Crippen MR) is 137 cm³/mol. The van der Waals surface area contributed by atoms with Crippen molar-refractivity contribution in [2.75, 3.05) is 13.2 Å². The number of ketones is 1. The minimum atomic E-state index is -4.40. The van der Waals surface area contributed by atoms with Crippen molar-refractivity contribution in [3.05, 3.63) is 77.6 Å². The van der Waals surface area contributed by atoms with Crippen LogP contribution in [0.4, 0.5) is 17.6 Å². The Morgan fingerprint density at radius 2 is 1.93 bits per heavy atom. The van der Waals surface area contributed by atoms with E-state index in [-0.39, 0.29) is 61.7 Å². The number of aliphatic hydroxyl groups is 1. The van der Waals surface area contributed by atoms with Crippen LogP contribution >= 0.6 is 0 Å². The Morgan fingerprint density at radius 3 is 2.66 bits per heavy atom. The molecule has 2 aromatic carbocycles. The summed E-state index contributed by atoms with van der Waals surface area (Å²) in [6.07, 6.45) is -0.828.